The molecule has 1 rings (SSSR count). The Hall–Kier alpha value is -1.10. The molecule has 1 aliphatic heterocycles. The van der Waals surface area contributed by atoms with Crippen molar-refractivity contribution in [3.05, 3.63) is 0 Å². The minimum atomic E-state index is -0.507. The Kier molecular flexibility index (Phi) is 4.29. The van der Waals surface area contributed by atoms with Gasteiger partial charge in [0.1, 0.15) is 6.10 Å². The SMILES string of the molecule is CC(=O)O[C@@H]1COC(C)C(C)[C@@H]1OC(C)=O. The topological polar surface area (TPSA) is 61.8 Å². The van der Waals surface area contributed by atoms with E-state index in [9.17, 15) is 9.59 Å². The van der Waals surface area contributed by atoms with Crippen LogP contribution in [0.15, 0.2) is 0 Å². The van der Waals surface area contributed by atoms with Crippen LogP contribution in [0, 0.1) is 5.92 Å². The van der Waals surface area contributed by atoms with Crippen molar-refractivity contribution in [1.29, 1.82) is 0 Å². The molecule has 0 amide bonds. The molecule has 1 heterocycles. The van der Waals surface area contributed by atoms with Crippen molar-refractivity contribution < 1.29 is 23.8 Å². The molecule has 0 aromatic rings. The van der Waals surface area contributed by atoms with E-state index in [1.54, 1.807) is 0 Å². The number of hydrogen-bond acceptors (Lipinski definition) is 5. The fraction of sp³-hybridized carbons (Fsp3) is 0.818. The zero-order chi connectivity index (χ0) is 12.3. The van der Waals surface area contributed by atoms with Gasteiger partial charge in [0.15, 0.2) is 6.10 Å². The fourth-order valence-corrected chi connectivity index (χ4v) is 1.79. The molecule has 92 valence electrons. The van der Waals surface area contributed by atoms with E-state index in [0.717, 1.165) is 0 Å². The molecule has 0 aromatic carbocycles. The van der Waals surface area contributed by atoms with E-state index in [2.05, 4.69) is 0 Å². The lowest BCUT2D eigenvalue weighted by molar-refractivity contribution is -0.198. The second-order valence-corrected chi connectivity index (χ2v) is 4.12. The highest BCUT2D eigenvalue weighted by molar-refractivity contribution is 5.67. The van der Waals surface area contributed by atoms with E-state index in [4.69, 9.17) is 14.2 Å². The maximum Gasteiger partial charge on any atom is 0.303 e. The number of hydrogen-bond donors (Lipinski definition) is 0. The molecule has 1 saturated heterocycles. The van der Waals surface area contributed by atoms with Crippen molar-refractivity contribution >= 4 is 11.9 Å². The van der Waals surface area contributed by atoms with Crippen molar-refractivity contribution in [2.24, 2.45) is 5.92 Å². The van der Waals surface area contributed by atoms with Crippen LogP contribution in [0.3, 0.4) is 0 Å². The summed E-state index contributed by atoms with van der Waals surface area (Å²) < 4.78 is 15.7. The third-order valence-corrected chi connectivity index (χ3v) is 2.77. The molecule has 0 N–H and O–H groups in total. The second kappa shape index (κ2) is 5.30. The van der Waals surface area contributed by atoms with Crippen LogP contribution in [0.1, 0.15) is 27.7 Å². The van der Waals surface area contributed by atoms with Crippen LogP contribution in [0.4, 0.5) is 0 Å². The fourth-order valence-electron chi connectivity index (χ4n) is 1.79. The van der Waals surface area contributed by atoms with Gasteiger partial charge in [-0.1, -0.05) is 6.92 Å². The van der Waals surface area contributed by atoms with Crippen molar-refractivity contribution in [2.45, 2.75) is 46.0 Å². The van der Waals surface area contributed by atoms with E-state index < -0.39 is 18.2 Å². The first-order chi connectivity index (χ1) is 7.41. The molecule has 1 fully saturated rings. The van der Waals surface area contributed by atoms with Gasteiger partial charge >= 0.3 is 11.9 Å². The molecule has 0 saturated carbocycles. The summed E-state index contributed by atoms with van der Waals surface area (Å²) in [4.78, 5) is 21.9. The lowest BCUT2D eigenvalue weighted by Gasteiger charge is -2.38. The minimum Gasteiger partial charge on any atom is -0.458 e. The highest BCUT2D eigenvalue weighted by atomic mass is 16.6. The van der Waals surface area contributed by atoms with Gasteiger partial charge in [0.05, 0.1) is 12.7 Å². The molecular formula is C11H18O5. The quantitative estimate of drug-likeness (QED) is 0.660. The molecule has 0 spiro atoms. The summed E-state index contributed by atoms with van der Waals surface area (Å²) in [5.41, 5.74) is 0. The zero-order valence-corrected chi connectivity index (χ0v) is 10.1. The van der Waals surface area contributed by atoms with Crippen LogP contribution < -0.4 is 0 Å². The van der Waals surface area contributed by atoms with Gasteiger partial charge < -0.3 is 14.2 Å². The zero-order valence-electron chi connectivity index (χ0n) is 10.1. The Morgan fingerprint density at radius 3 is 2.19 bits per heavy atom. The summed E-state index contributed by atoms with van der Waals surface area (Å²) in [5.74, 6) is -0.766. The van der Waals surface area contributed by atoms with Crippen molar-refractivity contribution in [2.75, 3.05) is 6.61 Å². The third kappa shape index (κ3) is 3.20. The van der Waals surface area contributed by atoms with Crippen LogP contribution in [0.2, 0.25) is 0 Å². The van der Waals surface area contributed by atoms with Crippen molar-refractivity contribution in [1.82, 2.24) is 0 Å². The number of ether oxygens (including phenoxy) is 3. The maximum atomic E-state index is 11.0. The molecule has 0 aromatic heterocycles. The smallest absolute Gasteiger partial charge is 0.303 e. The van der Waals surface area contributed by atoms with E-state index in [1.165, 1.54) is 13.8 Å². The monoisotopic (exact) mass is 230 g/mol. The second-order valence-electron chi connectivity index (χ2n) is 4.12. The molecular weight excluding hydrogens is 212 g/mol. The lowest BCUT2D eigenvalue weighted by Crippen LogP contribution is -2.50. The van der Waals surface area contributed by atoms with Gasteiger partial charge in [-0.3, -0.25) is 9.59 Å². The first-order valence-electron chi connectivity index (χ1n) is 5.38. The Balaban J connectivity index is 2.72. The Bertz CT molecular complexity index is 276. The summed E-state index contributed by atoms with van der Waals surface area (Å²) in [6, 6.07) is 0. The molecule has 16 heavy (non-hydrogen) atoms. The van der Waals surface area contributed by atoms with Gasteiger partial charge in [0, 0.05) is 19.8 Å². The summed E-state index contributed by atoms with van der Waals surface area (Å²) in [6.45, 7) is 6.76. The number of carbonyl (C=O) groups excluding carboxylic acids is 2. The van der Waals surface area contributed by atoms with Gasteiger partial charge in [-0.15, -0.1) is 0 Å². The van der Waals surface area contributed by atoms with Crippen molar-refractivity contribution in [3.63, 3.8) is 0 Å². The van der Waals surface area contributed by atoms with Gasteiger partial charge in [-0.25, -0.2) is 0 Å². The van der Waals surface area contributed by atoms with Gasteiger partial charge in [0.2, 0.25) is 0 Å². The molecule has 2 unspecified atom stereocenters. The average Bonchev–Trinajstić information content (AvgIpc) is 2.16. The predicted molar refractivity (Wildman–Crippen MR) is 55.7 cm³/mol. The highest BCUT2D eigenvalue weighted by Gasteiger charge is 2.39. The summed E-state index contributed by atoms with van der Waals surface area (Å²) in [6.07, 6.45) is -0.950. The molecule has 0 aliphatic carbocycles. The van der Waals surface area contributed by atoms with Crippen LogP contribution in [-0.2, 0) is 23.8 Å². The van der Waals surface area contributed by atoms with E-state index in [0.29, 0.717) is 0 Å². The Labute approximate surface area is 95.0 Å². The van der Waals surface area contributed by atoms with E-state index in [1.807, 2.05) is 13.8 Å². The van der Waals surface area contributed by atoms with Gasteiger partial charge in [0.25, 0.3) is 0 Å². The molecule has 4 atom stereocenters. The first kappa shape index (κ1) is 13.0. The molecule has 0 radical (unpaired) electrons. The summed E-state index contributed by atoms with van der Waals surface area (Å²) in [5, 5.41) is 0. The molecule has 5 heteroatoms. The largest absolute Gasteiger partial charge is 0.458 e. The van der Waals surface area contributed by atoms with Crippen LogP contribution >= 0.6 is 0 Å². The van der Waals surface area contributed by atoms with E-state index >= 15 is 0 Å². The standard InChI is InChI=1S/C11H18O5/c1-6-7(2)14-5-10(15-8(3)12)11(6)16-9(4)13/h6-7,10-11H,5H2,1-4H3/t6?,7?,10-,11+/m1/s1. The lowest BCUT2D eigenvalue weighted by atomic mass is 9.92. The minimum absolute atomic E-state index is 0.00185. The highest BCUT2D eigenvalue weighted by Crippen LogP contribution is 2.25. The third-order valence-electron chi connectivity index (χ3n) is 2.77. The summed E-state index contributed by atoms with van der Waals surface area (Å²) in [7, 11) is 0. The van der Waals surface area contributed by atoms with Crippen LogP contribution in [0.25, 0.3) is 0 Å². The van der Waals surface area contributed by atoms with Crippen LogP contribution in [-0.4, -0.2) is 36.9 Å². The predicted octanol–water partition coefficient (Wildman–Crippen LogP) is 0.905. The molecule has 1 aliphatic rings. The van der Waals surface area contributed by atoms with Gasteiger partial charge in [-0.05, 0) is 6.92 Å². The molecule has 0 bridgehead atoms. The molecule has 5 nitrogen and oxygen atoms in total. The summed E-state index contributed by atoms with van der Waals surface area (Å²) >= 11 is 0. The van der Waals surface area contributed by atoms with E-state index in [-0.39, 0.29) is 24.6 Å². The normalized spacial score (nSPS) is 34.2. The average molecular weight is 230 g/mol. The first-order valence-corrected chi connectivity index (χ1v) is 5.38. The number of esters is 2. The number of carbonyl (C=O) groups is 2. The van der Waals surface area contributed by atoms with Crippen LogP contribution in [0.5, 0.6) is 0 Å². The maximum absolute atomic E-state index is 11.0. The van der Waals surface area contributed by atoms with Crippen molar-refractivity contribution in [3.8, 4) is 0 Å². The Morgan fingerprint density at radius 2 is 1.69 bits per heavy atom. The Morgan fingerprint density at radius 1 is 1.12 bits per heavy atom. The number of rotatable bonds is 2. The van der Waals surface area contributed by atoms with Gasteiger partial charge in [-0.2, -0.15) is 0 Å².